The van der Waals surface area contributed by atoms with E-state index in [9.17, 15) is 9.00 Å². The van der Waals surface area contributed by atoms with Crippen LogP contribution >= 0.6 is 0 Å². The third-order valence-corrected chi connectivity index (χ3v) is 8.57. The normalized spacial score (nSPS) is 24.0. The van der Waals surface area contributed by atoms with Crippen molar-refractivity contribution in [1.29, 1.82) is 5.26 Å². The predicted octanol–water partition coefficient (Wildman–Crippen LogP) is 4.04. The molecule has 1 heterocycles. The molecule has 2 fully saturated rings. The Kier molecular flexibility index (Phi) is 5.95. The van der Waals surface area contributed by atoms with Gasteiger partial charge in [-0.2, -0.15) is 5.26 Å². The van der Waals surface area contributed by atoms with Gasteiger partial charge in [-0.25, -0.2) is 13.7 Å². The summed E-state index contributed by atoms with van der Waals surface area (Å²) in [5.41, 5.74) is 5.95. The fourth-order valence-electron chi connectivity index (χ4n) is 5.51. The van der Waals surface area contributed by atoms with Crippen molar-refractivity contribution in [2.45, 2.75) is 70.3 Å². The number of carbonyl (C=O) groups is 1. The molecule has 1 unspecified atom stereocenters. The fraction of sp³-hybridized carbons (Fsp3) is 0.583. The average Bonchev–Trinajstić information content (AvgIpc) is 3.13. The van der Waals surface area contributed by atoms with Crippen LogP contribution in [0, 0.1) is 17.4 Å². The van der Waals surface area contributed by atoms with Gasteiger partial charge in [-0.05, 0) is 98.9 Å². The highest BCUT2D eigenvalue weighted by Gasteiger charge is 2.30. The zero-order chi connectivity index (χ0) is 22.1. The summed E-state index contributed by atoms with van der Waals surface area (Å²) >= 11 is 0. The van der Waals surface area contributed by atoms with E-state index in [1.807, 2.05) is 6.08 Å². The van der Waals surface area contributed by atoms with E-state index in [1.54, 1.807) is 6.19 Å². The van der Waals surface area contributed by atoms with Gasteiger partial charge in [0.05, 0.1) is 0 Å². The maximum atomic E-state index is 13.3. The van der Waals surface area contributed by atoms with Crippen molar-refractivity contribution in [3.05, 3.63) is 39.8 Å². The molecule has 32 heavy (non-hydrogen) atoms. The first-order chi connectivity index (χ1) is 15.5. The maximum Gasteiger partial charge on any atom is 0.331 e. The van der Waals surface area contributed by atoms with Gasteiger partial charge in [-0.1, -0.05) is 16.5 Å². The van der Waals surface area contributed by atoms with Gasteiger partial charge in [-0.3, -0.25) is 4.90 Å². The largest absolute Gasteiger partial charge is 0.331 e. The molecule has 0 aromatic heterocycles. The standard InChI is InChI=1S/C24H31N5O2S/c25-16-26-32(31,13-11-20-6-3-12-29(20)15-17-9-10-17)28-24(30)27-23-21-7-1-4-18(21)14-19-5-2-8-22(19)23/h11,13-14,17,20H,1-10,12,15H2,(H2,26,27,28,30,31)/b13-11+/t20-,32?/m1/s1. The average molecular weight is 454 g/mol. The van der Waals surface area contributed by atoms with Crippen LogP contribution < -0.4 is 10.0 Å². The lowest BCUT2D eigenvalue weighted by molar-refractivity contribution is 0.257. The van der Waals surface area contributed by atoms with Gasteiger partial charge in [0.25, 0.3) is 0 Å². The molecule has 1 saturated carbocycles. The number of benzene rings is 1. The molecule has 8 heteroatoms. The van der Waals surface area contributed by atoms with Crippen molar-refractivity contribution in [2.75, 3.05) is 18.4 Å². The highest BCUT2D eigenvalue weighted by molar-refractivity contribution is 7.95. The Hall–Kier alpha value is -2.37. The molecular weight excluding hydrogens is 422 g/mol. The Labute approximate surface area is 190 Å². The molecule has 3 aliphatic carbocycles. The smallest absolute Gasteiger partial charge is 0.307 e. The van der Waals surface area contributed by atoms with Crippen LogP contribution in [0.3, 0.4) is 0 Å². The molecule has 5 rings (SSSR count). The minimum absolute atomic E-state index is 0.191. The Morgan fingerprint density at radius 1 is 1.16 bits per heavy atom. The summed E-state index contributed by atoms with van der Waals surface area (Å²) in [6.07, 6.45) is 14.4. The molecule has 1 saturated heterocycles. The van der Waals surface area contributed by atoms with Gasteiger partial charge in [0.1, 0.15) is 0 Å². The summed E-state index contributed by atoms with van der Waals surface area (Å²) < 4.78 is 19.4. The number of fused-ring (bicyclic) bond motifs is 2. The summed E-state index contributed by atoms with van der Waals surface area (Å²) in [6.45, 7) is 2.12. The van der Waals surface area contributed by atoms with E-state index in [-0.39, 0.29) is 6.04 Å². The molecule has 0 radical (unpaired) electrons. The second-order valence-corrected chi connectivity index (χ2v) is 11.3. The molecule has 0 spiro atoms. The van der Waals surface area contributed by atoms with Crippen molar-refractivity contribution in [2.24, 2.45) is 10.3 Å². The third kappa shape index (κ3) is 4.55. The summed E-state index contributed by atoms with van der Waals surface area (Å²) in [7, 11) is -3.32. The number of amides is 2. The van der Waals surface area contributed by atoms with Crippen LogP contribution in [0.2, 0.25) is 0 Å². The maximum absolute atomic E-state index is 13.3. The number of aryl methyl sites for hydroxylation is 2. The minimum atomic E-state index is -3.32. The summed E-state index contributed by atoms with van der Waals surface area (Å²) in [6, 6.07) is 1.93. The van der Waals surface area contributed by atoms with Crippen LogP contribution in [0.15, 0.2) is 21.9 Å². The van der Waals surface area contributed by atoms with Gasteiger partial charge in [0.2, 0.25) is 6.19 Å². The molecule has 0 bridgehead atoms. The van der Waals surface area contributed by atoms with Gasteiger partial charge < -0.3 is 5.32 Å². The molecule has 1 aromatic carbocycles. The number of nitrogens with zero attached hydrogens (tertiary/aromatic N) is 3. The molecular formula is C24H31N5O2S. The number of carbonyl (C=O) groups excluding carboxylic acids is 1. The number of hydrogen-bond acceptors (Lipinski definition) is 5. The van der Waals surface area contributed by atoms with E-state index in [2.05, 4.69) is 25.4 Å². The van der Waals surface area contributed by atoms with Crippen molar-refractivity contribution in [3.63, 3.8) is 0 Å². The van der Waals surface area contributed by atoms with E-state index in [1.165, 1.54) is 40.5 Å². The molecule has 4 aliphatic rings. The minimum Gasteiger partial charge on any atom is -0.307 e. The van der Waals surface area contributed by atoms with Gasteiger partial charge in [-0.15, -0.1) is 0 Å². The van der Waals surface area contributed by atoms with Gasteiger partial charge >= 0.3 is 6.03 Å². The monoisotopic (exact) mass is 453 g/mol. The first-order valence-electron chi connectivity index (χ1n) is 11.9. The Bertz CT molecular complexity index is 1080. The van der Waals surface area contributed by atoms with Gasteiger partial charge in [0.15, 0.2) is 9.92 Å². The van der Waals surface area contributed by atoms with Crippen LogP contribution in [0.25, 0.3) is 0 Å². The van der Waals surface area contributed by atoms with E-state index < -0.39 is 15.9 Å². The fourth-order valence-corrected chi connectivity index (χ4v) is 6.52. The number of nitrogens with one attached hydrogen (secondary N) is 2. The SMILES string of the molecule is N#CN=S(=O)(/C=C/[C@H]1CCCN1CC1CC1)NC(=O)Nc1c2c(cc3c1CCC3)CCC2. The molecule has 7 nitrogen and oxygen atoms in total. The zero-order valence-corrected chi connectivity index (χ0v) is 19.3. The van der Waals surface area contributed by atoms with Crippen LogP contribution in [-0.2, 0) is 35.6 Å². The van der Waals surface area contributed by atoms with Crippen molar-refractivity contribution in [1.82, 2.24) is 9.62 Å². The van der Waals surface area contributed by atoms with Crippen LogP contribution in [0.5, 0.6) is 0 Å². The topological polar surface area (TPSA) is 97.6 Å². The molecule has 2 amide bonds. The summed E-state index contributed by atoms with van der Waals surface area (Å²) in [4.78, 5) is 15.3. The Morgan fingerprint density at radius 2 is 1.88 bits per heavy atom. The highest BCUT2D eigenvalue weighted by Crippen LogP contribution is 2.38. The number of hydrogen-bond donors (Lipinski definition) is 2. The molecule has 1 aromatic rings. The summed E-state index contributed by atoms with van der Waals surface area (Å²) in [5, 5.41) is 13.5. The lowest BCUT2D eigenvalue weighted by Crippen LogP contribution is -2.34. The quantitative estimate of drug-likeness (QED) is 0.635. The highest BCUT2D eigenvalue weighted by atomic mass is 32.2. The number of anilines is 1. The number of rotatable bonds is 6. The first kappa shape index (κ1) is 21.5. The number of nitriles is 1. The second kappa shape index (κ2) is 8.87. The first-order valence-corrected chi connectivity index (χ1v) is 13.5. The third-order valence-electron chi connectivity index (χ3n) is 7.22. The van der Waals surface area contributed by atoms with Crippen molar-refractivity contribution < 1.29 is 9.00 Å². The lowest BCUT2D eigenvalue weighted by atomic mass is 9.99. The van der Waals surface area contributed by atoms with E-state index in [4.69, 9.17) is 5.26 Å². The zero-order valence-electron chi connectivity index (χ0n) is 18.4. The van der Waals surface area contributed by atoms with Crippen molar-refractivity contribution in [3.8, 4) is 6.19 Å². The van der Waals surface area contributed by atoms with Crippen LogP contribution in [0.4, 0.5) is 10.5 Å². The molecule has 1 aliphatic heterocycles. The molecule has 2 atom stereocenters. The molecule has 170 valence electrons. The van der Waals surface area contributed by atoms with Crippen molar-refractivity contribution >= 4 is 21.6 Å². The van der Waals surface area contributed by atoms with E-state index in [0.29, 0.717) is 0 Å². The molecule has 2 N–H and O–H groups in total. The summed E-state index contributed by atoms with van der Waals surface area (Å²) in [5.74, 6) is 0.787. The van der Waals surface area contributed by atoms with E-state index >= 15 is 0 Å². The second-order valence-electron chi connectivity index (χ2n) is 9.53. The number of likely N-dealkylation sites (tertiary alicyclic amines) is 1. The van der Waals surface area contributed by atoms with Gasteiger partial charge in [0, 0.05) is 23.7 Å². The van der Waals surface area contributed by atoms with Crippen LogP contribution in [-0.4, -0.2) is 34.3 Å². The van der Waals surface area contributed by atoms with E-state index in [0.717, 1.165) is 76.1 Å². The Morgan fingerprint density at radius 3 is 2.53 bits per heavy atom. The lowest BCUT2D eigenvalue weighted by Gasteiger charge is -2.21. The predicted molar refractivity (Wildman–Crippen MR) is 125 cm³/mol. The van der Waals surface area contributed by atoms with Crippen LogP contribution in [0.1, 0.15) is 60.8 Å². The number of urea groups is 1. The Balaban J connectivity index is 1.32.